The molecule has 0 aliphatic heterocycles. The van der Waals surface area contributed by atoms with Crippen LogP contribution >= 0.6 is 11.6 Å². The molecule has 0 spiro atoms. The van der Waals surface area contributed by atoms with Gasteiger partial charge in [-0.25, -0.2) is 8.42 Å². The van der Waals surface area contributed by atoms with Crippen LogP contribution in [0.15, 0.2) is 72.8 Å². The fourth-order valence-corrected chi connectivity index (χ4v) is 6.59. The Morgan fingerprint density at radius 1 is 1.00 bits per heavy atom. The molecule has 230 valence electrons. The molecule has 10 heteroatoms. The molecule has 3 aromatic carbocycles. The lowest BCUT2D eigenvalue weighted by Gasteiger charge is -2.35. The minimum atomic E-state index is -3.91. The topological polar surface area (TPSA) is 96.0 Å². The van der Waals surface area contributed by atoms with Crippen molar-refractivity contribution in [2.24, 2.45) is 0 Å². The predicted molar refractivity (Wildman–Crippen MR) is 171 cm³/mol. The number of carbonyl (C=O) groups excluding carboxylic acids is 2. The summed E-state index contributed by atoms with van der Waals surface area (Å²) in [7, 11) is -2.44. The van der Waals surface area contributed by atoms with E-state index in [4.69, 9.17) is 16.3 Å². The van der Waals surface area contributed by atoms with Gasteiger partial charge in [-0.3, -0.25) is 13.9 Å². The molecule has 1 aliphatic rings. The van der Waals surface area contributed by atoms with Gasteiger partial charge >= 0.3 is 0 Å². The van der Waals surface area contributed by atoms with Crippen LogP contribution in [0, 0.1) is 6.92 Å². The zero-order valence-electron chi connectivity index (χ0n) is 25.0. The first-order chi connectivity index (χ1) is 20.6. The van der Waals surface area contributed by atoms with Crippen LogP contribution in [0.2, 0.25) is 5.02 Å². The molecule has 0 aromatic heterocycles. The number of carbonyl (C=O) groups is 2. The van der Waals surface area contributed by atoms with E-state index < -0.39 is 28.5 Å². The summed E-state index contributed by atoms with van der Waals surface area (Å²) in [5, 5.41) is 3.43. The largest absolute Gasteiger partial charge is 0.495 e. The highest BCUT2D eigenvalue weighted by Crippen LogP contribution is 2.30. The molecule has 1 atom stereocenters. The second kappa shape index (κ2) is 14.8. The molecule has 3 aromatic rings. The van der Waals surface area contributed by atoms with Crippen molar-refractivity contribution in [2.75, 3.05) is 24.2 Å². The molecule has 0 bridgehead atoms. The van der Waals surface area contributed by atoms with E-state index in [0.29, 0.717) is 5.75 Å². The molecule has 4 rings (SSSR count). The summed E-state index contributed by atoms with van der Waals surface area (Å²) in [6.07, 6.45) is 6.37. The summed E-state index contributed by atoms with van der Waals surface area (Å²) in [5.41, 5.74) is 2.96. The molecular formula is C33H40ClN3O5S. The Kier molecular flexibility index (Phi) is 11.1. The number of halogens is 1. The quantitative estimate of drug-likeness (QED) is 0.286. The lowest BCUT2D eigenvalue weighted by atomic mass is 9.94. The zero-order chi connectivity index (χ0) is 31.0. The maximum Gasteiger partial charge on any atom is 0.244 e. The Balaban J connectivity index is 1.74. The van der Waals surface area contributed by atoms with Crippen molar-refractivity contribution in [1.29, 1.82) is 0 Å². The maximum absolute atomic E-state index is 14.3. The van der Waals surface area contributed by atoms with Crippen molar-refractivity contribution in [3.8, 4) is 5.75 Å². The van der Waals surface area contributed by atoms with E-state index >= 15 is 0 Å². The second-order valence-corrected chi connectivity index (χ2v) is 13.4. The summed E-state index contributed by atoms with van der Waals surface area (Å²) in [6, 6.07) is 21.0. The fourth-order valence-electron chi connectivity index (χ4n) is 5.49. The molecule has 0 saturated heterocycles. The van der Waals surface area contributed by atoms with E-state index in [-0.39, 0.29) is 35.6 Å². The van der Waals surface area contributed by atoms with Crippen LogP contribution in [-0.4, -0.2) is 57.1 Å². The third-order valence-electron chi connectivity index (χ3n) is 7.93. The molecule has 1 saturated carbocycles. The SMILES string of the molecule is COc1ccc(N(CC(=O)N(Cc2ccccc2C)[C@@H](Cc2ccccc2)C(=O)NC2CCCCC2)S(C)(=O)=O)cc1Cl. The smallest absolute Gasteiger partial charge is 0.244 e. The van der Waals surface area contributed by atoms with E-state index in [1.807, 2.05) is 61.5 Å². The van der Waals surface area contributed by atoms with Crippen LogP contribution in [0.3, 0.4) is 0 Å². The van der Waals surface area contributed by atoms with Crippen molar-refractivity contribution in [3.05, 3.63) is 94.5 Å². The first kappa shape index (κ1) is 32.4. The van der Waals surface area contributed by atoms with Gasteiger partial charge in [-0.2, -0.15) is 0 Å². The number of anilines is 1. The standard InChI is InChI=1S/C33H40ClN3O5S/c1-24-12-10-11-15-26(24)22-36(32(38)23-37(43(3,40)41)28-18-19-31(42-2)29(34)21-28)30(20-25-13-6-4-7-14-25)33(39)35-27-16-8-5-9-17-27/h4,6-7,10-15,18-19,21,27,30H,5,8-9,16-17,20,22-23H2,1-3H3,(H,35,39)/t30-/m0/s1. The number of amides is 2. The first-order valence-electron chi connectivity index (χ1n) is 14.6. The molecule has 8 nitrogen and oxygen atoms in total. The molecule has 1 N–H and O–H groups in total. The van der Waals surface area contributed by atoms with Crippen molar-refractivity contribution in [1.82, 2.24) is 10.2 Å². The summed E-state index contributed by atoms with van der Waals surface area (Å²) < 4.78 is 32.3. The summed E-state index contributed by atoms with van der Waals surface area (Å²) in [6.45, 7) is 1.59. The first-order valence-corrected chi connectivity index (χ1v) is 16.8. The summed E-state index contributed by atoms with van der Waals surface area (Å²) >= 11 is 6.33. The van der Waals surface area contributed by atoms with Crippen LogP contribution in [0.4, 0.5) is 5.69 Å². The Hall–Kier alpha value is -3.56. The minimum absolute atomic E-state index is 0.0453. The fraction of sp³-hybridized carbons (Fsp3) is 0.394. The number of nitrogens with zero attached hydrogens (tertiary/aromatic N) is 2. The molecule has 1 fully saturated rings. The van der Waals surface area contributed by atoms with Gasteiger partial charge in [0.15, 0.2) is 0 Å². The Labute approximate surface area is 260 Å². The van der Waals surface area contributed by atoms with Gasteiger partial charge in [0, 0.05) is 19.0 Å². The monoisotopic (exact) mass is 625 g/mol. The van der Waals surface area contributed by atoms with Gasteiger partial charge in [0.25, 0.3) is 0 Å². The van der Waals surface area contributed by atoms with Gasteiger partial charge in [-0.1, -0.05) is 85.5 Å². The Morgan fingerprint density at radius 3 is 2.30 bits per heavy atom. The van der Waals surface area contributed by atoms with E-state index in [1.54, 1.807) is 12.1 Å². The highest BCUT2D eigenvalue weighted by molar-refractivity contribution is 7.92. The molecule has 43 heavy (non-hydrogen) atoms. The number of ether oxygens (including phenoxy) is 1. The van der Waals surface area contributed by atoms with Crippen LogP contribution in [-0.2, 0) is 32.6 Å². The van der Waals surface area contributed by atoms with Crippen LogP contribution < -0.4 is 14.4 Å². The number of rotatable bonds is 12. The van der Waals surface area contributed by atoms with Gasteiger partial charge in [0.05, 0.1) is 24.1 Å². The number of nitrogens with one attached hydrogen (secondary N) is 1. The Bertz CT molecular complexity index is 1510. The lowest BCUT2D eigenvalue weighted by Crippen LogP contribution is -2.55. The van der Waals surface area contributed by atoms with Crippen LogP contribution in [0.1, 0.15) is 48.8 Å². The molecule has 0 unspecified atom stereocenters. The second-order valence-electron chi connectivity index (χ2n) is 11.1. The van der Waals surface area contributed by atoms with Crippen LogP contribution in [0.5, 0.6) is 5.75 Å². The van der Waals surface area contributed by atoms with E-state index in [9.17, 15) is 18.0 Å². The lowest BCUT2D eigenvalue weighted by molar-refractivity contribution is -0.140. The molecule has 0 heterocycles. The third kappa shape index (κ3) is 8.74. The van der Waals surface area contributed by atoms with Crippen LogP contribution in [0.25, 0.3) is 0 Å². The highest BCUT2D eigenvalue weighted by atomic mass is 35.5. The molecule has 1 aliphatic carbocycles. The molecule has 2 amide bonds. The van der Waals surface area contributed by atoms with Gasteiger partial charge in [-0.15, -0.1) is 0 Å². The number of benzene rings is 3. The molecule has 0 radical (unpaired) electrons. The maximum atomic E-state index is 14.3. The average Bonchev–Trinajstić information content (AvgIpc) is 2.99. The zero-order valence-corrected chi connectivity index (χ0v) is 26.5. The normalized spacial score (nSPS) is 14.5. The number of sulfonamides is 1. The van der Waals surface area contributed by atoms with E-state index in [1.165, 1.54) is 18.1 Å². The molecular weight excluding hydrogens is 586 g/mol. The Morgan fingerprint density at radius 2 is 1.67 bits per heavy atom. The van der Waals surface area contributed by atoms with Gasteiger partial charge in [0.1, 0.15) is 18.3 Å². The number of methoxy groups -OCH3 is 1. The predicted octanol–water partition coefficient (Wildman–Crippen LogP) is 5.51. The summed E-state index contributed by atoms with van der Waals surface area (Å²) in [5.74, 6) is -0.356. The van der Waals surface area contributed by atoms with E-state index in [2.05, 4.69) is 5.32 Å². The van der Waals surface area contributed by atoms with Crippen molar-refractivity contribution < 1.29 is 22.7 Å². The minimum Gasteiger partial charge on any atom is -0.495 e. The third-order valence-corrected chi connectivity index (χ3v) is 9.36. The van der Waals surface area contributed by atoms with Crippen molar-refractivity contribution in [2.45, 2.75) is 64.1 Å². The number of hydrogen-bond donors (Lipinski definition) is 1. The van der Waals surface area contributed by atoms with Gasteiger partial charge in [-0.05, 0) is 54.7 Å². The summed E-state index contributed by atoms with van der Waals surface area (Å²) in [4.78, 5) is 29.9. The van der Waals surface area contributed by atoms with Gasteiger partial charge in [0.2, 0.25) is 21.8 Å². The average molecular weight is 626 g/mol. The van der Waals surface area contributed by atoms with Gasteiger partial charge < -0.3 is 15.0 Å². The number of aryl methyl sites for hydroxylation is 1. The van der Waals surface area contributed by atoms with E-state index in [0.717, 1.165) is 59.4 Å². The highest BCUT2D eigenvalue weighted by Gasteiger charge is 2.34. The van der Waals surface area contributed by atoms with Crippen molar-refractivity contribution >= 4 is 39.1 Å². The number of hydrogen-bond acceptors (Lipinski definition) is 5. The van der Waals surface area contributed by atoms with Crippen molar-refractivity contribution in [3.63, 3.8) is 0 Å².